The molecule has 0 radical (unpaired) electrons. The number of piperidine rings is 1. The quantitative estimate of drug-likeness (QED) is 0.386. The molecule has 4 aromatic rings. The third-order valence-electron chi connectivity index (χ3n) is 5.82. The number of anilines is 1. The van der Waals surface area contributed by atoms with Gasteiger partial charge in [0.05, 0.1) is 27.4 Å². The van der Waals surface area contributed by atoms with Crippen LogP contribution in [0.1, 0.15) is 35.2 Å². The summed E-state index contributed by atoms with van der Waals surface area (Å²) in [5.74, 6) is -0.980. The van der Waals surface area contributed by atoms with Gasteiger partial charge in [-0.1, -0.05) is 23.7 Å². The van der Waals surface area contributed by atoms with E-state index in [9.17, 15) is 9.90 Å². The molecule has 5 rings (SSSR count). The summed E-state index contributed by atoms with van der Waals surface area (Å²) in [6, 6.07) is 16.1. The highest BCUT2D eigenvalue weighted by Gasteiger charge is 2.16. The number of nitriles is 1. The van der Waals surface area contributed by atoms with Gasteiger partial charge >= 0.3 is 12.0 Å². The highest BCUT2D eigenvalue weighted by atomic mass is 35.5. The van der Waals surface area contributed by atoms with Crippen molar-refractivity contribution >= 4 is 34.4 Å². The summed E-state index contributed by atoms with van der Waals surface area (Å²) in [6.07, 6.45) is 3.72. The van der Waals surface area contributed by atoms with Crippen molar-refractivity contribution in [3.63, 3.8) is 0 Å². The van der Waals surface area contributed by atoms with Crippen LogP contribution in [0.5, 0.6) is 11.8 Å². The van der Waals surface area contributed by atoms with E-state index in [1.807, 2.05) is 18.2 Å². The van der Waals surface area contributed by atoms with Gasteiger partial charge in [-0.15, -0.1) is 0 Å². The van der Waals surface area contributed by atoms with Gasteiger partial charge in [0.15, 0.2) is 5.65 Å². The van der Waals surface area contributed by atoms with E-state index in [1.165, 1.54) is 43.1 Å². The molecule has 0 amide bonds. The number of carboxylic acid groups (broad SMARTS) is 1. The van der Waals surface area contributed by atoms with E-state index < -0.39 is 5.97 Å². The number of nitrogens with zero attached hydrogens (tertiary/aromatic N) is 4. The van der Waals surface area contributed by atoms with Crippen LogP contribution in [-0.2, 0) is 0 Å². The second-order valence-corrected chi connectivity index (χ2v) is 8.46. The number of ether oxygens (including phenoxy) is 1. The second-order valence-electron chi connectivity index (χ2n) is 8.05. The maximum atomic E-state index is 11.4. The number of benzene rings is 2. The van der Waals surface area contributed by atoms with Crippen LogP contribution in [0.25, 0.3) is 22.4 Å². The Balaban J connectivity index is 1.41. The van der Waals surface area contributed by atoms with E-state index in [0.717, 1.165) is 18.7 Å². The van der Waals surface area contributed by atoms with Crippen LogP contribution in [0.3, 0.4) is 0 Å². The smallest absolute Gasteiger partial charge is 0.337 e. The number of hydrogen-bond donors (Lipinski definition) is 2. The molecule has 8 nitrogen and oxygen atoms in total. The molecule has 0 saturated carbocycles. The first-order valence-corrected chi connectivity index (χ1v) is 11.3. The van der Waals surface area contributed by atoms with Crippen molar-refractivity contribution in [2.75, 3.05) is 18.0 Å². The molecule has 9 heteroatoms. The molecular weight excluding hydrogens is 454 g/mol. The molecule has 0 aliphatic carbocycles. The van der Waals surface area contributed by atoms with Crippen molar-refractivity contribution < 1.29 is 14.6 Å². The Morgan fingerprint density at radius 3 is 2.56 bits per heavy atom. The summed E-state index contributed by atoms with van der Waals surface area (Å²) in [6.45, 7) is 2.15. The third-order valence-corrected chi connectivity index (χ3v) is 6.11. The Kier molecular flexibility index (Phi) is 5.78. The first-order chi connectivity index (χ1) is 16.5. The van der Waals surface area contributed by atoms with Gasteiger partial charge in [-0.3, -0.25) is 0 Å². The van der Waals surface area contributed by atoms with E-state index in [-0.39, 0.29) is 22.9 Å². The molecule has 2 N–H and O–H groups in total. The number of aromatic carboxylic acids is 1. The minimum atomic E-state index is -1.21. The predicted molar refractivity (Wildman–Crippen MR) is 129 cm³/mol. The van der Waals surface area contributed by atoms with Gasteiger partial charge < -0.3 is 19.7 Å². The monoisotopic (exact) mass is 473 g/mol. The van der Waals surface area contributed by atoms with E-state index in [2.05, 4.69) is 32.0 Å². The average Bonchev–Trinajstić information content (AvgIpc) is 3.25. The molecule has 1 fully saturated rings. The molecule has 0 unspecified atom stereocenters. The number of H-pyrrole nitrogens is 1. The number of halogens is 1. The number of fused-ring (bicyclic) bond motifs is 1. The van der Waals surface area contributed by atoms with Crippen molar-refractivity contribution in [1.82, 2.24) is 15.0 Å². The zero-order chi connectivity index (χ0) is 23.7. The number of hydrogen-bond acceptors (Lipinski definition) is 6. The van der Waals surface area contributed by atoms with Gasteiger partial charge in [0.1, 0.15) is 11.8 Å². The van der Waals surface area contributed by atoms with Crippen LogP contribution in [-0.4, -0.2) is 39.1 Å². The summed E-state index contributed by atoms with van der Waals surface area (Å²) in [4.78, 5) is 25.8. The van der Waals surface area contributed by atoms with Crippen LogP contribution in [0.2, 0.25) is 5.02 Å². The lowest BCUT2D eigenvalue weighted by molar-refractivity contribution is 0.0696. The van der Waals surface area contributed by atoms with Crippen LogP contribution in [0.4, 0.5) is 5.69 Å². The van der Waals surface area contributed by atoms with Gasteiger partial charge in [0, 0.05) is 24.3 Å². The lowest BCUT2D eigenvalue weighted by Crippen LogP contribution is -2.29. The average molecular weight is 474 g/mol. The predicted octanol–water partition coefficient (Wildman–Crippen LogP) is 5.63. The molecule has 170 valence electrons. The van der Waals surface area contributed by atoms with Crippen LogP contribution in [0, 0.1) is 11.3 Å². The normalized spacial score (nSPS) is 13.6. The SMILES string of the molecule is N#Cc1ccc(Oc2nc3nc(-c4ccc(N5CCCCC5)cc4)c(Cl)cc3[nH]2)cc1C(=O)O. The van der Waals surface area contributed by atoms with E-state index in [4.69, 9.17) is 21.6 Å². The maximum Gasteiger partial charge on any atom is 0.337 e. The maximum absolute atomic E-state index is 11.4. The van der Waals surface area contributed by atoms with Crippen molar-refractivity contribution in [3.8, 4) is 29.1 Å². The molecule has 3 heterocycles. The Bertz CT molecular complexity index is 1420. The summed E-state index contributed by atoms with van der Waals surface area (Å²) in [5.41, 5.74) is 3.60. The topological polar surface area (TPSA) is 115 Å². The highest BCUT2D eigenvalue weighted by molar-refractivity contribution is 6.33. The van der Waals surface area contributed by atoms with Gasteiger partial charge in [0.25, 0.3) is 0 Å². The summed E-state index contributed by atoms with van der Waals surface area (Å²) < 4.78 is 5.69. The Hall–Kier alpha value is -4.09. The minimum absolute atomic E-state index is 0.0499. The fourth-order valence-corrected chi connectivity index (χ4v) is 4.36. The van der Waals surface area contributed by atoms with E-state index >= 15 is 0 Å². The highest BCUT2D eigenvalue weighted by Crippen LogP contribution is 2.32. The Morgan fingerprint density at radius 2 is 1.85 bits per heavy atom. The molecule has 0 bridgehead atoms. The summed E-state index contributed by atoms with van der Waals surface area (Å²) >= 11 is 6.53. The minimum Gasteiger partial charge on any atom is -0.478 e. The number of carbonyl (C=O) groups is 1. The number of rotatable bonds is 5. The molecule has 0 atom stereocenters. The molecule has 34 heavy (non-hydrogen) atoms. The number of carboxylic acids is 1. The van der Waals surface area contributed by atoms with Crippen LogP contribution < -0.4 is 9.64 Å². The zero-order valence-corrected chi connectivity index (χ0v) is 18.8. The van der Waals surface area contributed by atoms with E-state index in [0.29, 0.717) is 21.9 Å². The zero-order valence-electron chi connectivity index (χ0n) is 18.1. The molecule has 1 aliphatic heterocycles. The number of aromatic nitrogens is 3. The lowest BCUT2D eigenvalue weighted by Gasteiger charge is -2.28. The molecule has 1 saturated heterocycles. The number of nitrogens with one attached hydrogen (secondary N) is 1. The number of aromatic amines is 1. The van der Waals surface area contributed by atoms with Crippen molar-refractivity contribution in [3.05, 3.63) is 64.7 Å². The van der Waals surface area contributed by atoms with Crippen LogP contribution in [0.15, 0.2) is 48.5 Å². The fraction of sp³-hybridized carbons (Fsp3) is 0.200. The first-order valence-electron chi connectivity index (χ1n) is 10.9. The standard InChI is InChI=1S/C25H20ClN5O3/c26-20-13-21-23(29-22(20)15-4-7-17(8-5-15)31-10-2-1-3-11-31)30-25(28-21)34-18-9-6-16(14-27)19(12-18)24(32)33/h4-9,12-13H,1-3,10-11H2,(H,32,33)(H,28,29,30). The van der Waals surface area contributed by atoms with Gasteiger partial charge in [-0.05, 0) is 55.7 Å². The molecule has 1 aliphatic rings. The third kappa shape index (κ3) is 4.26. The van der Waals surface area contributed by atoms with Crippen molar-refractivity contribution in [2.24, 2.45) is 0 Å². The largest absolute Gasteiger partial charge is 0.478 e. The van der Waals surface area contributed by atoms with E-state index in [1.54, 1.807) is 6.07 Å². The fourth-order valence-electron chi connectivity index (χ4n) is 4.10. The van der Waals surface area contributed by atoms with Crippen molar-refractivity contribution in [2.45, 2.75) is 19.3 Å². The Labute approximate surface area is 200 Å². The van der Waals surface area contributed by atoms with Gasteiger partial charge in [-0.2, -0.15) is 10.2 Å². The Morgan fingerprint density at radius 1 is 1.09 bits per heavy atom. The molecular formula is C25H20ClN5O3. The second kappa shape index (κ2) is 9.04. The first kappa shape index (κ1) is 21.7. The van der Waals surface area contributed by atoms with Crippen molar-refractivity contribution in [1.29, 1.82) is 5.26 Å². The molecule has 2 aromatic heterocycles. The summed E-state index contributed by atoms with van der Waals surface area (Å²) in [5, 5.41) is 18.9. The van der Waals surface area contributed by atoms with Gasteiger partial charge in [-0.25, -0.2) is 9.78 Å². The summed E-state index contributed by atoms with van der Waals surface area (Å²) in [7, 11) is 0. The molecule has 0 spiro atoms. The molecule has 2 aromatic carbocycles. The lowest BCUT2D eigenvalue weighted by atomic mass is 10.1. The van der Waals surface area contributed by atoms with Crippen LogP contribution >= 0.6 is 11.6 Å². The van der Waals surface area contributed by atoms with Gasteiger partial charge in [0.2, 0.25) is 0 Å². The number of pyridine rings is 1. The number of imidazole rings is 1.